The second-order valence-electron chi connectivity index (χ2n) is 6.21. The number of aryl methyl sites for hydroxylation is 1. The highest BCUT2D eigenvalue weighted by molar-refractivity contribution is 5.81. The van der Waals surface area contributed by atoms with Gasteiger partial charge in [-0.3, -0.25) is 9.59 Å². The lowest BCUT2D eigenvalue weighted by molar-refractivity contribution is -0.128. The fourth-order valence-corrected chi connectivity index (χ4v) is 2.40. The Morgan fingerprint density at radius 3 is 2.65 bits per heavy atom. The molecule has 0 fully saturated rings. The fourth-order valence-electron chi connectivity index (χ4n) is 2.40. The predicted octanol–water partition coefficient (Wildman–Crippen LogP) is 1.53. The van der Waals surface area contributed by atoms with Gasteiger partial charge in [-0.25, -0.2) is 0 Å². The van der Waals surface area contributed by atoms with Crippen LogP contribution in [-0.2, 0) is 24.2 Å². The minimum atomic E-state index is -0.475. The van der Waals surface area contributed by atoms with E-state index in [1.165, 1.54) is 7.11 Å². The Morgan fingerprint density at radius 2 is 2.05 bits per heavy atom. The van der Waals surface area contributed by atoms with Gasteiger partial charge < -0.3 is 15.0 Å². The van der Waals surface area contributed by atoms with Crippen LogP contribution in [0, 0.1) is 5.41 Å². The number of fused-ring (bicyclic) bond motifs is 1. The molecule has 0 saturated carbocycles. The molecule has 110 valence electrons. The van der Waals surface area contributed by atoms with Gasteiger partial charge in [0, 0.05) is 16.7 Å². The van der Waals surface area contributed by atoms with Crippen molar-refractivity contribution in [2.45, 2.75) is 46.6 Å². The highest BCUT2D eigenvalue weighted by Crippen LogP contribution is 2.22. The Kier molecular flexibility index (Phi) is 3.88. The van der Waals surface area contributed by atoms with Gasteiger partial charge in [-0.05, 0) is 19.3 Å². The fraction of sp³-hybridized carbons (Fsp3) is 0.600. The van der Waals surface area contributed by atoms with Gasteiger partial charge in [-0.1, -0.05) is 20.8 Å². The minimum Gasteiger partial charge on any atom is -0.482 e. The Hall–Kier alpha value is -1.78. The van der Waals surface area contributed by atoms with Crippen molar-refractivity contribution in [2.24, 2.45) is 5.41 Å². The van der Waals surface area contributed by atoms with E-state index in [2.05, 4.69) is 10.3 Å². The normalized spacial score (nSPS) is 14.0. The van der Waals surface area contributed by atoms with Crippen LogP contribution < -0.4 is 15.5 Å². The van der Waals surface area contributed by atoms with Gasteiger partial charge in [0.15, 0.2) is 11.3 Å². The van der Waals surface area contributed by atoms with E-state index in [0.717, 1.165) is 30.5 Å². The molecule has 2 rings (SSSR count). The van der Waals surface area contributed by atoms with Crippen molar-refractivity contribution in [1.82, 2.24) is 10.3 Å². The number of H-pyrrole nitrogens is 1. The number of rotatable bonds is 3. The van der Waals surface area contributed by atoms with E-state index in [1.54, 1.807) is 0 Å². The first-order chi connectivity index (χ1) is 9.34. The van der Waals surface area contributed by atoms with Crippen molar-refractivity contribution < 1.29 is 9.53 Å². The number of methoxy groups -OCH3 is 1. The Morgan fingerprint density at radius 1 is 1.35 bits per heavy atom. The number of carbonyl (C=O) groups is 1. The number of hydrogen-bond acceptors (Lipinski definition) is 3. The predicted molar refractivity (Wildman–Crippen MR) is 76.9 cm³/mol. The van der Waals surface area contributed by atoms with Crippen molar-refractivity contribution in [3.05, 3.63) is 27.0 Å². The van der Waals surface area contributed by atoms with Crippen LogP contribution in [0.2, 0.25) is 0 Å². The maximum absolute atomic E-state index is 12.5. The number of aromatic amines is 1. The molecule has 1 aromatic rings. The topological polar surface area (TPSA) is 71.2 Å². The van der Waals surface area contributed by atoms with E-state index >= 15 is 0 Å². The maximum atomic E-state index is 12.5. The first kappa shape index (κ1) is 14.6. The van der Waals surface area contributed by atoms with Gasteiger partial charge in [0.05, 0.1) is 19.2 Å². The number of ether oxygens (including phenoxy) is 1. The first-order valence-electron chi connectivity index (χ1n) is 6.93. The summed E-state index contributed by atoms with van der Waals surface area (Å²) < 4.78 is 5.26. The molecule has 0 atom stereocenters. The summed E-state index contributed by atoms with van der Waals surface area (Å²) in [5.41, 5.74) is 1.84. The molecule has 1 aliphatic carbocycles. The third-order valence-corrected chi connectivity index (χ3v) is 3.62. The SMILES string of the molecule is COc1[nH]c2c(c(=O)c1CNC(=O)C(C)(C)C)CCC2. The Balaban J connectivity index is 2.28. The average Bonchev–Trinajstić information content (AvgIpc) is 2.84. The molecule has 20 heavy (non-hydrogen) atoms. The molecule has 1 amide bonds. The lowest BCUT2D eigenvalue weighted by Crippen LogP contribution is -2.36. The van der Waals surface area contributed by atoms with Gasteiger partial charge in [0.25, 0.3) is 0 Å². The van der Waals surface area contributed by atoms with Crippen LogP contribution in [-0.4, -0.2) is 18.0 Å². The van der Waals surface area contributed by atoms with E-state index in [0.29, 0.717) is 11.4 Å². The minimum absolute atomic E-state index is 0.00214. The molecule has 1 heterocycles. The monoisotopic (exact) mass is 278 g/mol. The number of hydrogen-bond donors (Lipinski definition) is 2. The van der Waals surface area contributed by atoms with Gasteiger partial charge in [-0.15, -0.1) is 0 Å². The van der Waals surface area contributed by atoms with Crippen LogP contribution >= 0.6 is 0 Å². The third-order valence-electron chi connectivity index (χ3n) is 3.62. The zero-order valence-electron chi connectivity index (χ0n) is 12.6. The van der Waals surface area contributed by atoms with Gasteiger partial charge in [-0.2, -0.15) is 0 Å². The van der Waals surface area contributed by atoms with Crippen LogP contribution in [0.15, 0.2) is 4.79 Å². The summed E-state index contributed by atoms with van der Waals surface area (Å²) in [4.78, 5) is 27.5. The van der Waals surface area contributed by atoms with Gasteiger partial charge >= 0.3 is 0 Å². The molecular weight excluding hydrogens is 256 g/mol. The molecule has 2 N–H and O–H groups in total. The van der Waals surface area contributed by atoms with Crippen molar-refractivity contribution in [3.63, 3.8) is 0 Å². The molecule has 5 nitrogen and oxygen atoms in total. The second kappa shape index (κ2) is 5.31. The summed E-state index contributed by atoms with van der Waals surface area (Å²) in [7, 11) is 1.53. The van der Waals surface area contributed by atoms with E-state index in [1.807, 2.05) is 20.8 Å². The Bertz CT molecular complexity index is 582. The lowest BCUT2D eigenvalue weighted by atomic mass is 9.95. The number of nitrogens with one attached hydrogen (secondary N) is 2. The quantitative estimate of drug-likeness (QED) is 0.881. The van der Waals surface area contributed by atoms with Crippen molar-refractivity contribution >= 4 is 5.91 Å². The number of amides is 1. The highest BCUT2D eigenvalue weighted by atomic mass is 16.5. The summed E-state index contributed by atoms with van der Waals surface area (Å²) >= 11 is 0. The molecule has 0 saturated heterocycles. The molecule has 0 spiro atoms. The van der Waals surface area contributed by atoms with Crippen LogP contribution in [0.4, 0.5) is 0 Å². The summed E-state index contributed by atoms with van der Waals surface area (Å²) in [5, 5.41) is 2.81. The zero-order chi connectivity index (χ0) is 14.9. The average molecular weight is 278 g/mol. The molecule has 1 aromatic heterocycles. The summed E-state index contributed by atoms with van der Waals surface area (Å²) in [6, 6.07) is 0. The molecule has 5 heteroatoms. The van der Waals surface area contributed by atoms with E-state index in [9.17, 15) is 9.59 Å². The van der Waals surface area contributed by atoms with Crippen LogP contribution in [0.3, 0.4) is 0 Å². The highest BCUT2D eigenvalue weighted by Gasteiger charge is 2.24. The van der Waals surface area contributed by atoms with E-state index < -0.39 is 5.41 Å². The molecule has 0 aliphatic heterocycles. The third kappa shape index (κ3) is 2.71. The smallest absolute Gasteiger partial charge is 0.225 e. The summed E-state index contributed by atoms with van der Waals surface area (Å²) in [6.07, 6.45) is 2.67. The van der Waals surface area contributed by atoms with Crippen LogP contribution in [0.5, 0.6) is 5.88 Å². The Labute approximate surface area is 118 Å². The number of pyridine rings is 1. The molecular formula is C15H22N2O3. The molecule has 0 aromatic carbocycles. The van der Waals surface area contributed by atoms with Crippen molar-refractivity contribution in [2.75, 3.05) is 7.11 Å². The molecule has 1 aliphatic rings. The number of aromatic nitrogens is 1. The van der Waals surface area contributed by atoms with Crippen LogP contribution in [0.1, 0.15) is 44.0 Å². The summed E-state index contributed by atoms with van der Waals surface area (Å²) in [6.45, 7) is 5.72. The van der Waals surface area contributed by atoms with E-state index in [-0.39, 0.29) is 17.9 Å². The van der Waals surface area contributed by atoms with Gasteiger partial charge in [0.1, 0.15) is 0 Å². The summed E-state index contributed by atoms with van der Waals surface area (Å²) in [5.74, 6) is 0.379. The van der Waals surface area contributed by atoms with Crippen LogP contribution in [0.25, 0.3) is 0 Å². The number of carbonyl (C=O) groups excluding carboxylic acids is 1. The maximum Gasteiger partial charge on any atom is 0.225 e. The molecule has 0 unspecified atom stereocenters. The second-order valence-corrected chi connectivity index (χ2v) is 6.21. The standard InChI is InChI=1S/C15H22N2O3/c1-15(2,3)14(19)16-8-10-12(18)9-6-5-7-11(9)17-13(10)20-4/h5-8H2,1-4H3,(H,16,19)(H,17,18). The largest absolute Gasteiger partial charge is 0.482 e. The first-order valence-corrected chi connectivity index (χ1v) is 6.93. The zero-order valence-corrected chi connectivity index (χ0v) is 12.6. The van der Waals surface area contributed by atoms with Gasteiger partial charge in [0.2, 0.25) is 5.91 Å². The van der Waals surface area contributed by atoms with E-state index in [4.69, 9.17) is 4.74 Å². The van der Waals surface area contributed by atoms with Crippen molar-refractivity contribution in [3.8, 4) is 5.88 Å². The lowest BCUT2D eigenvalue weighted by Gasteiger charge is -2.18. The van der Waals surface area contributed by atoms with Crippen molar-refractivity contribution in [1.29, 1.82) is 0 Å². The molecule has 0 bridgehead atoms. The molecule has 0 radical (unpaired) electrons.